The van der Waals surface area contributed by atoms with E-state index in [1.54, 1.807) is 0 Å². The largest absolute Gasteiger partial charge is 0.313 e. The molecule has 0 aromatic heterocycles. The molecule has 4 nitrogen and oxygen atoms in total. The highest BCUT2D eigenvalue weighted by Gasteiger charge is 2.22. The normalized spacial score (nSPS) is 22.8. The standard InChI is InChI=1S/C12H24N2O2S/c15-17(16,10-11-4-2-1-3-5-11)14-9-8-13-12-6-7-12/h11-14H,1-10H2. The minimum atomic E-state index is -3.05. The summed E-state index contributed by atoms with van der Waals surface area (Å²) in [6, 6.07) is 0.651. The number of rotatable bonds is 7. The summed E-state index contributed by atoms with van der Waals surface area (Å²) in [6.45, 7) is 1.29. The molecule has 100 valence electrons. The van der Waals surface area contributed by atoms with Crippen LogP contribution in [0.25, 0.3) is 0 Å². The van der Waals surface area contributed by atoms with Crippen molar-refractivity contribution < 1.29 is 8.42 Å². The van der Waals surface area contributed by atoms with Crippen LogP contribution in [0.5, 0.6) is 0 Å². The Morgan fingerprint density at radius 1 is 0.941 bits per heavy atom. The van der Waals surface area contributed by atoms with Gasteiger partial charge < -0.3 is 5.32 Å². The molecule has 0 spiro atoms. The van der Waals surface area contributed by atoms with E-state index in [9.17, 15) is 8.42 Å². The Labute approximate surface area is 105 Å². The van der Waals surface area contributed by atoms with Gasteiger partial charge in [0.25, 0.3) is 0 Å². The third kappa shape index (κ3) is 5.36. The molecular formula is C12H24N2O2S. The molecule has 0 aromatic carbocycles. The topological polar surface area (TPSA) is 58.2 Å². The number of hydrogen-bond donors (Lipinski definition) is 2. The van der Waals surface area contributed by atoms with Crippen molar-refractivity contribution in [1.82, 2.24) is 10.0 Å². The van der Waals surface area contributed by atoms with E-state index in [0.717, 1.165) is 19.4 Å². The average molecular weight is 260 g/mol. The lowest BCUT2D eigenvalue weighted by atomic mass is 9.91. The zero-order valence-electron chi connectivity index (χ0n) is 10.5. The molecule has 17 heavy (non-hydrogen) atoms. The van der Waals surface area contributed by atoms with Gasteiger partial charge >= 0.3 is 0 Å². The van der Waals surface area contributed by atoms with Crippen LogP contribution in [0, 0.1) is 5.92 Å². The quantitative estimate of drug-likeness (QED) is 0.677. The maximum Gasteiger partial charge on any atom is 0.211 e. The van der Waals surface area contributed by atoms with Gasteiger partial charge in [0.05, 0.1) is 5.75 Å². The highest BCUT2D eigenvalue weighted by atomic mass is 32.2. The van der Waals surface area contributed by atoms with Crippen LogP contribution in [0.3, 0.4) is 0 Å². The fraction of sp³-hybridized carbons (Fsp3) is 1.00. The molecule has 2 aliphatic carbocycles. The van der Waals surface area contributed by atoms with Crippen LogP contribution in [-0.2, 0) is 10.0 Å². The molecule has 0 aliphatic heterocycles. The van der Waals surface area contributed by atoms with Crippen molar-refractivity contribution in [3.8, 4) is 0 Å². The summed E-state index contributed by atoms with van der Waals surface area (Å²) in [5.41, 5.74) is 0. The summed E-state index contributed by atoms with van der Waals surface area (Å²) < 4.78 is 26.3. The first kappa shape index (κ1) is 13.3. The van der Waals surface area contributed by atoms with Crippen molar-refractivity contribution >= 4 is 10.0 Å². The van der Waals surface area contributed by atoms with E-state index in [0.29, 0.717) is 24.3 Å². The van der Waals surface area contributed by atoms with Crippen LogP contribution >= 0.6 is 0 Å². The molecule has 0 saturated heterocycles. The summed E-state index contributed by atoms with van der Waals surface area (Å²) in [6.07, 6.45) is 8.33. The lowest BCUT2D eigenvalue weighted by molar-refractivity contribution is 0.384. The molecule has 2 fully saturated rings. The van der Waals surface area contributed by atoms with Crippen molar-refractivity contribution in [2.45, 2.75) is 51.0 Å². The van der Waals surface area contributed by atoms with Crippen molar-refractivity contribution in [2.24, 2.45) is 5.92 Å². The Kier molecular flexibility index (Phi) is 4.82. The van der Waals surface area contributed by atoms with Gasteiger partial charge in [-0.2, -0.15) is 0 Å². The van der Waals surface area contributed by atoms with Gasteiger partial charge in [-0.25, -0.2) is 13.1 Å². The van der Waals surface area contributed by atoms with E-state index in [1.807, 2.05) is 0 Å². The predicted molar refractivity (Wildman–Crippen MR) is 69.4 cm³/mol. The first-order valence-corrected chi connectivity index (χ1v) is 8.52. The summed E-state index contributed by atoms with van der Waals surface area (Å²) >= 11 is 0. The molecule has 0 atom stereocenters. The second-order valence-corrected chi connectivity index (χ2v) is 7.26. The van der Waals surface area contributed by atoms with Crippen LogP contribution in [0.2, 0.25) is 0 Å². The number of nitrogens with one attached hydrogen (secondary N) is 2. The molecule has 0 radical (unpaired) electrons. The molecule has 0 heterocycles. The molecule has 0 aromatic rings. The Morgan fingerprint density at radius 3 is 2.29 bits per heavy atom. The van der Waals surface area contributed by atoms with Gasteiger partial charge in [-0.05, 0) is 31.6 Å². The summed E-state index contributed by atoms with van der Waals surface area (Å²) in [5.74, 6) is 0.716. The lowest BCUT2D eigenvalue weighted by Crippen LogP contribution is -2.36. The third-order valence-corrected chi connectivity index (χ3v) is 5.19. The van der Waals surface area contributed by atoms with Gasteiger partial charge in [0, 0.05) is 19.1 Å². The van der Waals surface area contributed by atoms with Gasteiger partial charge in [-0.1, -0.05) is 19.3 Å². The molecule has 0 bridgehead atoms. The SMILES string of the molecule is O=S(=O)(CC1CCCCC1)NCCNC1CC1. The van der Waals surface area contributed by atoms with Gasteiger partial charge in [0.1, 0.15) is 0 Å². The molecule has 2 saturated carbocycles. The van der Waals surface area contributed by atoms with Crippen LogP contribution < -0.4 is 10.0 Å². The van der Waals surface area contributed by atoms with Gasteiger partial charge in [0.2, 0.25) is 10.0 Å². The monoisotopic (exact) mass is 260 g/mol. The summed E-state index contributed by atoms with van der Waals surface area (Å²) in [7, 11) is -3.05. The van der Waals surface area contributed by atoms with E-state index >= 15 is 0 Å². The minimum Gasteiger partial charge on any atom is -0.313 e. The molecule has 0 unspecified atom stereocenters. The van der Waals surface area contributed by atoms with Crippen LogP contribution in [-0.4, -0.2) is 33.3 Å². The summed E-state index contributed by atoms with van der Waals surface area (Å²) in [4.78, 5) is 0. The predicted octanol–water partition coefficient (Wildman–Crippen LogP) is 1.24. The zero-order chi connectivity index (χ0) is 12.1. The van der Waals surface area contributed by atoms with Gasteiger partial charge in [-0.15, -0.1) is 0 Å². The second kappa shape index (κ2) is 6.16. The Bertz CT molecular complexity index is 319. The van der Waals surface area contributed by atoms with E-state index < -0.39 is 10.0 Å². The van der Waals surface area contributed by atoms with Gasteiger partial charge in [0.15, 0.2) is 0 Å². The van der Waals surface area contributed by atoms with Crippen LogP contribution in [0.15, 0.2) is 0 Å². The second-order valence-electron chi connectivity index (χ2n) is 5.41. The lowest BCUT2D eigenvalue weighted by Gasteiger charge is -2.21. The zero-order valence-corrected chi connectivity index (χ0v) is 11.3. The number of sulfonamides is 1. The van der Waals surface area contributed by atoms with Crippen molar-refractivity contribution in [2.75, 3.05) is 18.8 Å². The first-order valence-electron chi connectivity index (χ1n) is 6.86. The van der Waals surface area contributed by atoms with E-state index in [1.165, 1.54) is 32.1 Å². The molecular weight excluding hydrogens is 236 g/mol. The highest BCUT2D eigenvalue weighted by Crippen LogP contribution is 2.24. The van der Waals surface area contributed by atoms with Gasteiger partial charge in [-0.3, -0.25) is 0 Å². The Morgan fingerprint density at radius 2 is 1.65 bits per heavy atom. The number of hydrogen-bond acceptors (Lipinski definition) is 3. The molecule has 5 heteroatoms. The molecule has 2 N–H and O–H groups in total. The highest BCUT2D eigenvalue weighted by molar-refractivity contribution is 7.89. The Balaban J connectivity index is 1.62. The summed E-state index contributed by atoms with van der Waals surface area (Å²) in [5, 5.41) is 3.31. The van der Waals surface area contributed by atoms with E-state index in [2.05, 4.69) is 10.0 Å². The third-order valence-electron chi connectivity index (χ3n) is 3.64. The maximum atomic E-state index is 11.8. The maximum absolute atomic E-state index is 11.8. The van der Waals surface area contributed by atoms with Crippen molar-refractivity contribution in [3.05, 3.63) is 0 Å². The molecule has 0 amide bonds. The van der Waals surface area contributed by atoms with Crippen LogP contribution in [0.4, 0.5) is 0 Å². The average Bonchev–Trinajstić information content (AvgIpc) is 3.09. The first-order chi connectivity index (χ1) is 8.16. The minimum absolute atomic E-state index is 0.330. The smallest absolute Gasteiger partial charge is 0.211 e. The van der Waals surface area contributed by atoms with E-state index in [-0.39, 0.29) is 0 Å². The van der Waals surface area contributed by atoms with E-state index in [4.69, 9.17) is 0 Å². The fourth-order valence-electron chi connectivity index (χ4n) is 2.49. The van der Waals surface area contributed by atoms with Crippen molar-refractivity contribution in [1.29, 1.82) is 0 Å². The Hall–Kier alpha value is -0.130. The van der Waals surface area contributed by atoms with Crippen molar-refractivity contribution in [3.63, 3.8) is 0 Å². The molecule has 2 aliphatic rings. The molecule has 2 rings (SSSR count). The fourth-order valence-corrected chi connectivity index (χ4v) is 3.98. The van der Waals surface area contributed by atoms with Crippen LogP contribution in [0.1, 0.15) is 44.9 Å².